The van der Waals surface area contributed by atoms with Crippen LogP contribution in [0.4, 0.5) is 17.6 Å². The largest absolute Gasteiger partial charge is 0.457 e. The number of benzene rings is 2. The van der Waals surface area contributed by atoms with Crippen LogP contribution in [0.25, 0.3) is 0 Å². The van der Waals surface area contributed by atoms with Crippen molar-refractivity contribution in [3.63, 3.8) is 0 Å². The van der Waals surface area contributed by atoms with Crippen molar-refractivity contribution in [1.29, 1.82) is 0 Å². The first-order valence-electron chi connectivity index (χ1n) is 5.72. The van der Waals surface area contributed by atoms with Gasteiger partial charge in [-0.15, -0.1) is 0 Å². The number of alkyl halides is 3. The van der Waals surface area contributed by atoms with Gasteiger partial charge in [-0.25, -0.2) is 4.39 Å². The number of thiocarbonyl (C=S) groups is 1. The van der Waals surface area contributed by atoms with Crippen molar-refractivity contribution in [1.82, 2.24) is 0 Å². The van der Waals surface area contributed by atoms with Crippen LogP contribution in [0.15, 0.2) is 42.5 Å². The van der Waals surface area contributed by atoms with Gasteiger partial charge in [0.25, 0.3) is 0 Å². The summed E-state index contributed by atoms with van der Waals surface area (Å²) in [7, 11) is 0. The molecule has 0 fully saturated rings. The highest BCUT2D eigenvalue weighted by molar-refractivity contribution is 7.80. The summed E-state index contributed by atoms with van der Waals surface area (Å²) in [6.07, 6.45) is -4.51. The molecule has 0 heterocycles. The monoisotopic (exact) mass is 315 g/mol. The Morgan fingerprint density at radius 2 is 1.67 bits per heavy atom. The number of hydrogen-bond acceptors (Lipinski definition) is 2. The molecule has 0 radical (unpaired) electrons. The Hall–Kier alpha value is -2.15. The zero-order valence-electron chi connectivity index (χ0n) is 10.4. The minimum atomic E-state index is -4.51. The molecule has 0 bridgehead atoms. The van der Waals surface area contributed by atoms with Crippen LogP contribution in [0.2, 0.25) is 0 Å². The van der Waals surface area contributed by atoms with E-state index in [1.807, 2.05) is 0 Å². The van der Waals surface area contributed by atoms with Gasteiger partial charge in [-0.05, 0) is 42.5 Å². The van der Waals surface area contributed by atoms with Crippen LogP contribution < -0.4 is 10.5 Å². The SMILES string of the molecule is NC(=S)c1cc(C(F)(F)F)ccc1Oc1ccc(F)cc1. The molecule has 0 amide bonds. The molecule has 0 saturated heterocycles. The number of halogens is 4. The van der Waals surface area contributed by atoms with E-state index in [-0.39, 0.29) is 22.1 Å². The third-order valence-corrected chi connectivity index (χ3v) is 2.83. The van der Waals surface area contributed by atoms with E-state index in [1.54, 1.807) is 0 Å². The van der Waals surface area contributed by atoms with Gasteiger partial charge < -0.3 is 10.5 Å². The summed E-state index contributed by atoms with van der Waals surface area (Å²) in [4.78, 5) is -0.224. The van der Waals surface area contributed by atoms with Crippen molar-refractivity contribution < 1.29 is 22.3 Å². The lowest BCUT2D eigenvalue weighted by Gasteiger charge is -2.13. The van der Waals surface area contributed by atoms with Crippen LogP contribution in [-0.4, -0.2) is 4.99 Å². The summed E-state index contributed by atoms with van der Waals surface area (Å²) in [6, 6.07) is 7.83. The third-order valence-electron chi connectivity index (χ3n) is 2.61. The second-order valence-electron chi connectivity index (χ2n) is 4.13. The molecule has 0 aliphatic rings. The first-order valence-corrected chi connectivity index (χ1v) is 6.12. The summed E-state index contributed by atoms with van der Waals surface area (Å²) < 4.78 is 56.2. The summed E-state index contributed by atoms with van der Waals surface area (Å²) >= 11 is 4.74. The zero-order chi connectivity index (χ0) is 15.6. The van der Waals surface area contributed by atoms with Gasteiger partial charge in [0.1, 0.15) is 22.3 Å². The normalized spacial score (nSPS) is 11.2. The predicted molar refractivity (Wildman–Crippen MR) is 73.8 cm³/mol. The van der Waals surface area contributed by atoms with Crippen molar-refractivity contribution in [2.75, 3.05) is 0 Å². The Morgan fingerprint density at radius 3 is 2.19 bits per heavy atom. The topological polar surface area (TPSA) is 35.2 Å². The lowest BCUT2D eigenvalue weighted by atomic mass is 10.1. The number of ether oxygens (including phenoxy) is 1. The van der Waals surface area contributed by atoms with Crippen molar-refractivity contribution in [3.05, 3.63) is 59.4 Å². The molecule has 0 spiro atoms. The zero-order valence-corrected chi connectivity index (χ0v) is 11.3. The molecule has 0 aliphatic heterocycles. The number of rotatable bonds is 3. The summed E-state index contributed by atoms with van der Waals surface area (Å²) in [5.74, 6) is -0.125. The molecule has 0 aliphatic carbocycles. The quantitative estimate of drug-likeness (QED) is 0.678. The maximum Gasteiger partial charge on any atom is 0.416 e. The van der Waals surface area contributed by atoms with E-state index >= 15 is 0 Å². The fraction of sp³-hybridized carbons (Fsp3) is 0.0714. The van der Waals surface area contributed by atoms with E-state index in [2.05, 4.69) is 0 Å². The lowest BCUT2D eigenvalue weighted by Crippen LogP contribution is -2.13. The van der Waals surface area contributed by atoms with Crippen LogP contribution in [0, 0.1) is 5.82 Å². The molecule has 2 N–H and O–H groups in total. The maximum atomic E-state index is 12.8. The molecule has 2 nitrogen and oxygen atoms in total. The smallest absolute Gasteiger partial charge is 0.416 e. The fourth-order valence-corrected chi connectivity index (χ4v) is 1.78. The van der Waals surface area contributed by atoms with E-state index in [0.717, 1.165) is 18.2 Å². The van der Waals surface area contributed by atoms with Crippen LogP contribution in [0.1, 0.15) is 11.1 Å². The van der Waals surface area contributed by atoms with Crippen molar-refractivity contribution in [2.24, 2.45) is 5.73 Å². The Bertz CT molecular complexity index is 668. The molecule has 0 aromatic heterocycles. The van der Waals surface area contributed by atoms with Crippen LogP contribution in [-0.2, 0) is 6.18 Å². The van der Waals surface area contributed by atoms with Crippen LogP contribution in [0.5, 0.6) is 11.5 Å². The molecule has 2 aromatic rings. The summed E-state index contributed by atoms with van der Waals surface area (Å²) in [5, 5.41) is 0. The van der Waals surface area contributed by atoms with Gasteiger partial charge in [0.2, 0.25) is 0 Å². The van der Waals surface area contributed by atoms with Gasteiger partial charge >= 0.3 is 6.18 Å². The van der Waals surface area contributed by atoms with Gasteiger partial charge in [-0.2, -0.15) is 13.2 Å². The van der Waals surface area contributed by atoms with Gasteiger partial charge in [0, 0.05) is 0 Å². The average molecular weight is 315 g/mol. The minimum Gasteiger partial charge on any atom is -0.457 e. The standard InChI is InChI=1S/C14H9F4NOS/c15-9-2-4-10(5-3-9)20-12-6-1-8(14(16,17)18)7-11(12)13(19)21/h1-7H,(H2,19,21). The van der Waals surface area contributed by atoms with Crippen molar-refractivity contribution in [2.45, 2.75) is 6.18 Å². The fourth-order valence-electron chi connectivity index (χ4n) is 1.62. The van der Waals surface area contributed by atoms with Gasteiger partial charge in [0.05, 0.1) is 11.1 Å². The van der Waals surface area contributed by atoms with Gasteiger partial charge in [0.15, 0.2) is 0 Å². The minimum absolute atomic E-state index is 0.0378. The molecule has 2 aromatic carbocycles. The molecule has 110 valence electrons. The highest BCUT2D eigenvalue weighted by Crippen LogP contribution is 2.34. The number of hydrogen-bond donors (Lipinski definition) is 1. The third kappa shape index (κ3) is 3.69. The summed E-state index contributed by atoms with van der Waals surface area (Å²) in [6.45, 7) is 0. The molecule has 0 unspecified atom stereocenters. The average Bonchev–Trinajstić information content (AvgIpc) is 2.40. The molecule has 7 heteroatoms. The van der Waals surface area contributed by atoms with E-state index in [4.69, 9.17) is 22.7 Å². The second kappa shape index (κ2) is 5.69. The Kier molecular flexibility index (Phi) is 4.13. The Morgan fingerprint density at radius 1 is 1.05 bits per heavy atom. The highest BCUT2D eigenvalue weighted by Gasteiger charge is 2.31. The Balaban J connectivity index is 2.39. The molecule has 0 atom stereocenters. The van der Waals surface area contributed by atoms with E-state index in [1.165, 1.54) is 24.3 Å². The predicted octanol–water partition coefficient (Wildman–Crippen LogP) is 4.27. The van der Waals surface area contributed by atoms with Crippen LogP contribution in [0.3, 0.4) is 0 Å². The first kappa shape index (κ1) is 15.2. The van der Waals surface area contributed by atoms with Crippen LogP contribution >= 0.6 is 12.2 Å². The molecule has 0 saturated carbocycles. The van der Waals surface area contributed by atoms with Crippen molar-refractivity contribution in [3.8, 4) is 11.5 Å². The molecular formula is C14H9F4NOS. The van der Waals surface area contributed by atoms with Gasteiger partial charge in [-0.1, -0.05) is 12.2 Å². The molecular weight excluding hydrogens is 306 g/mol. The lowest BCUT2D eigenvalue weighted by molar-refractivity contribution is -0.137. The summed E-state index contributed by atoms with van der Waals surface area (Å²) in [5.41, 5.74) is 4.51. The second-order valence-corrected chi connectivity index (χ2v) is 4.57. The van der Waals surface area contributed by atoms with Gasteiger partial charge in [-0.3, -0.25) is 0 Å². The van der Waals surface area contributed by atoms with E-state index in [0.29, 0.717) is 0 Å². The first-order chi connectivity index (χ1) is 9.77. The molecule has 2 rings (SSSR count). The molecule has 21 heavy (non-hydrogen) atoms. The van der Waals surface area contributed by atoms with E-state index in [9.17, 15) is 17.6 Å². The number of nitrogens with two attached hydrogens (primary N) is 1. The Labute approximate surface area is 123 Å². The maximum absolute atomic E-state index is 12.8. The van der Waals surface area contributed by atoms with Crippen molar-refractivity contribution >= 4 is 17.2 Å². The van der Waals surface area contributed by atoms with E-state index < -0.39 is 17.6 Å². The highest BCUT2D eigenvalue weighted by atomic mass is 32.1.